The van der Waals surface area contributed by atoms with Gasteiger partial charge in [0.2, 0.25) is 0 Å². The van der Waals surface area contributed by atoms with Crippen molar-refractivity contribution in [2.45, 2.75) is 25.2 Å². The van der Waals surface area contributed by atoms with Crippen LogP contribution in [0.5, 0.6) is 0 Å². The van der Waals surface area contributed by atoms with Crippen molar-refractivity contribution in [3.05, 3.63) is 83.4 Å². The van der Waals surface area contributed by atoms with E-state index in [4.69, 9.17) is 10.5 Å². The van der Waals surface area contributed by atoms with Gasteiger partial charge >= 0.3 is 5.70 Å². The van der Waals surface area contributed by atoms with E-state index in [1.54, 1.807) is 11.3 Å². The van der Waals surface area contributed by atoms with Gasteiger partial charge in [-0.1, -0.05) is 0 Å². The molecule has 2 aromatic rings. The summed E-state index contributed by atoms with van der Waals surface area (Å²) in [4.78, 5) is 11.2. The van der Waals surface area contributed by atoms with Gasteiger partial charge < -0.3 is 10.5 Å². The molecule has 0 bridgehead atoms. The summed E-state index contributed by atoms with van der Waals surface area (Å²) in [5.74, 6) is 0.186. The van der Waals surface area contributed by atoms with Crippen LogP contribution in [-0.4, -0.2) is 4.92 Å². The predicted octanol–water partition coefficient (Wildman–Crippen LogP) is 4.85. The molecular weight excluding hydrogens is 356 g/mol. The van der Waals surface area contributed by atoms with Crippen LogP contribution in [-0.2, 0) is 4.74 Å². The fourth-order valence-corrected chi connectivity index (χ4v) is 4.77. The van der Waals surface area contributed by atoms with Gasteiger partial charge in [0.25, 0.3) is 5.88 Å². The summed E-state index contributed by atoms with van der Waals surface area (Å²) < 4.78 is 5.79. The molecule has 128 valence electrons. The number of nitro groups is 1. The zero-order valence-corrected chi connectivity index (χ0v) is 14.9. The first-order chi connectivity index (χ1) is 12.1. The lowest BCUT2D eigenvalue weighted by atomic mass is 9.79. The molecule has 0 unspecified atom stereocenters. The fraction of sp³-hybridized carbons (Fsp3) is 0.222. The van der Waals surface area contributed by atoms with E-state index < -0.39 is 10.8 Å². The van der Waals surface area contributed by atoms with Crippen LogP contribution < -0.4 is 5.73 Å². The number of hydrogen-bond acceptors (Lipinski definition) is 6. The average Bonchev–Trinajstić information content (AvgIpc) is 3.27. The minimum Gasteiger partial charge on any atom is -0.435 e. The van der Waals surface area contributed by atoms with Crippen molar-refractivity contribution in [2.75, 3.05) is 0 Å². The number of nitrogens with zero attached hydrogens (tertiary/aromatic N) is 1. The van der Waals surface area contributed by atoms with E-state index in [2.05, 4.69) is 11.5 Å². The van der Waals surface area contributed by atoms with E-state index in [0.717, 1.165) is 47.3 Å². The predicted molar refractivity (Wildman–Crippen MR) is 99.5 cm³/mol. The van der Waals surface area contributed by atoms with E-state index in [0.29, 0.717) is 0 Å². The van der Waals surface area contributed by atoms with Crippen LogP contribution in [0.4, 0.5) is 0 Å². The molecule has 0 saturated carbocycles. The van der Waals surface area contributed by atoms with Crippen molar-refractivity contribution < 1.29 is 9.66 Å². The molecule has 1 aliphatic heterocycles. The van der Waals surface area contributed by atoms with Gasteiger partial charge in [0.1, 0.15) is 11.7 Å². The summed E-state index contributed by atoms with van der Waals surface area (Å²) >= 11 is 3.17. The van der Waals surface area contributed by atoms with Crippen LogP contribution in [0, 0.1) is 10.1 Å². The molecule has 2 N–H and O–H groups in total. The maximum Gasteiger partial charge on any atom is 0.317 e. The number of rotatable bonds is 3. The Balaban J connectivity index is 1.85. The highest BCUT2D eigenvalue weighted by molar-refractivity contribution is 7.08. The number of allylic oxidation sites excluding steroid dienone is 2. The van der Waals surface area contributed by atoms with Crippen LogP contribution >= 0.6 is 22.7 Å². The quantitative estimate of drug-likeness (QED) is 0.617. The second-order valence-corrected chi connectivity index (χ2v) is 7.59. The molecule has 0 fully saturated rings. The average molecular weight is 372 g/mol. The van der Waals surface area contributed by atoms with Crippen LogP contribution in [0.1, 0.15) is 36.3 Å². The first kappa shape index (κ1) is 16.1. The topological polar surface area (TPSA) is 78.4 Å². The Morgan fingerprint density at radius 2 is 2.04 bits per heavy atom. The lowest BCUT2D eigenvalue weighted by Gasteiger charge is -2.31. The number of hydrogen-bond donors (Lipinski definition) is 1. The molecule has 0 amide bonds. The summed E-state index contributed by atoms with van der Waals surface area (Å²) in [5.41, 5.74) is 9.98. The number of nitrogens with two attached hydrogens (primary N) is 1. The summed E-state index contributed by atoms with van der Waals surface area (Å²) in [6, 6.07) is 3.98. The smallest absolute Gasteiger partial charge is 0.317 e. The van der Waals surface area contributed by atoms with Gasteiger partial charge in [-0.15, -0.1) is 0 Å². The lowest BCUT2D eigenvalue weighted by Crippen LogP contribution is -2.27. The maximum atomic E-state index is 11.6. The molecule has 0 radical (unpaired) electrons. The van der Waals surface area contributed by atoms with Crippen molar-refractivity contribution in [2.24, 2.45) is 5.73 Å². The molecule has 5 nitrogen and oxygen atoms in total. The van der Waals surface area contributed by atoms with E-state index in [9.17, 15) is 10.1 Å². The summed E-state index contributed by atoms with van der Waals surface area (Å²) in [7, 11) is 0. The Bertz CT molecular complexity index is 893. The fourth-order valence-electron chi connectivity index (χ4n) is 3.47. The zero-order chi connectivity index (χ0) is 17.4. The molecule has 0 aromatic carbocycles. The summed E-state index contributed by atoms with van der Waals surface area (Å²) in [6.07, 6.45) is 4.71. The highest BCUT2D eigenvalue weighted by Gasteiger charge is 2.42. The first-order valence-corrected chi connectivity index (χ1v) is 9.84. The Labute approximate surface area is 152 Å². The van der Waals surface area contributed by atoms with Crippen molar-refractivity contribution in [1.29, 1.82) is 0 Å². The third kappa shape index (κ3) is 2.89. The molecule has 2 aliphatic rings. The summed E-state index contributed by atoms with van der Waals surface area (Å²) in [5, 5.41) is 19.6. The highest BCUT2D eigenvalue weighted by Crippen LogP contribution is 2.47. The Hall–Kier alpha value is -2.38. The van der Waals surface area contributed by atoms with E-state index in [1.165, 1.54) is 11.3 Å². The van der Waals surface area contributed by atoms with Gasteiger partial charge in [0.05, 0.1) is 4.92 Å². The maximum absolute atomic E-state index is 11.6. The van der Waals surface area contributed by atoms with Gasteiger partial charge in [-0.2, -0.15) is 22.7 Å². The molecule has 3 heterocycles. The second kappa shape index (κ2) is 6.50. The van der Waals surface area contributed by atoms with Crippen LogP contribution in [0.15, 0.2) is 62.1 Å². The standard InChI is InChI=1S/C18H16N2O3S2/c19-18-16(20(21)22)15(13-5-7-25-10-13)14-3-1-2-12(17(14)23-18)8-11-4-6-24-9-11/h4-10,15H,1-3,19H2/b12-8+/t15-/m1/s1. The molecule has 25 heavy (non-hydrogen) atoms. The Morgan fingerprint density at radius 1 is 1.24 bits per heavy atom. The minimum absolute atomic E-state index is 0.0473. The largest absolute Gasteiger partial charge is 0.435 e. The van der Waals surface area contributed by atoms with Crippen LogP contribution in [0.2, 0.25) is 0 Å². The van der Waals surface area contributed by atoms with Crippen LogP contribution in [0.25, 0.3) is 6.08 Å². The van der Waals surface area contributed by atoms with Gasteiger partial charge in [0, 0.05) is 0 Å². The van der Waals surface area contributed by atoms with E-state index >= 15 is 0 Å². The van der Waals surface area contributed by atoms with Gasteiger partial charge in [0.15, 0.2) is 0 Å². The number of ether oxygens (including phenoxy) is 1. The van der Waals surface area contributed by atoms with E-state index in [1.807, 2.05) is 28.3 Å². The van der Waals surface area contributed by atoms with Crippen molar-refractivity contribution >= 4 is 28.7 Å². The molecule has 1 aliphatic carbocycles. The SMILES string of the molecule is NC1=C([N+](=O)[O-])[C@H](c2ccsc2)C2=C(O1)/C(=C/c1ccsc1)CCC2. The Kier molecular flexibility index (Phi) is 4.19. The van der Waals surface area contributed by atoms with E-state index in [-0.39, 0.29) is 11.6 Å². The third-order valence-electron chi connectivity index (χ3n) is 4.52. The molecule has 0 saturated heterocycles. The molecule has 4 rings (SSSR count). The monoisotopic (exact) mass is 372 g/mol. The Morgan fingerprint density at radius 3 is 2.72 bits per heavy atom. The minimum atomic E-state index is -0.434. The molecule has 2 aromatic heterocycles. The van der Waals surface area contributed by atoms with Gasteiger partial charge in [-0.3, -0.25) is 10.1 Å². The molecule has 1 atom stereocenters. The first-order valence-electron chi connectivity index (χ1n) is 7.95. The molecular formula is C18H16N2O3S2. The van der Waals surface area contributed by atoms with Gasteiger partial charge in [-0.25, -0.2) is 0 Å². The normalized spacial score (nSPS) is 22.1. The van der Waals surface area contributed by atoms with Crippen molar-refractivity contribution in [1.82, 2.24) is 0 Å². The van der Waals surface area contributed by atoms with Crippen molar-refractivity contribution in [3.63, 3.8) is 0 Å². The molecule has 7 heteroatoms. The summed E-state index contributed by atoms with van der Waals surface area (Å²) in [6.45, 7) is 0. The third-order valence-corrected chi connectivity index (χ3v) is 5.92. The molecule has 0 spiro atoms. The second-order valence-electron chi connectivity index (χ2n) is 6.03. The van der Waals surface area contributed by atoms with Crippen LogP contribution in [0.3, 0.4) is 0 Å². The highest BCUT2D eigenvalue weighted by atomic mass is 32.1. The van der Waals surface area contributed by atoms with Crippen molar-refractivity contribution in [3.8, 4) is 0 Å². The zero-order valence-electron chi connectivity index (χ0n) is 13.3. The lowest BCUT2D eigenvalue weighted by molar-refractivity contribution is -0.433. The number of thiophene rings is 2. The van der Waals surface area contributed by atoms with Gasteiger partial charge in [-0.05, 0) is 81.3 Å².